The lowest BCUT2D eigenvalue weighted by Gasteiger charge is -2.48. The van der Waals surface area contributed by atoms with Crippen LogP contribution in [0, 0.1) is 5.82 Å². The Balaban J connectivity index is 2.34. The molecule has 1 amide bonds. The Morgan fingerprint density at radius 2 is 2.17 bits per heavy atom. The van der Waals surface area contributed by atoms with Crippen LogP contribution in [0.1, 0.15) is 44.6 Å². The van der Waals surface area contributed by atoms with Gasteiger partial charge in [0, 0.05) is 11.5 Å². The van der Waals surface area contributed by atoms with Gasteiger partial charge in [0.2, 0.25) is 6.41 Å². The fraction of sp³-hybridized carbons (Fsp3) is 0.533. The van der Waals surface area contributed by atoms with E-state index in [9.17, 15) is 9.18 Å². The van der Waals surface area contributed by atoms with E-state index in [1.54, 1.807) is 6.07 Å². The van der Waals surface area contributed by atoms with Crippen LogP contribution < -0.4 is 5.32 Å². The number of amides is 1. The number of carbonyl (C=O) groups is 1. The first-order valence-corrected chi connectivity index (χ1v) is 6.69. The number of halogens is 1. The highest BCUT2D eigenvalue weighted by Crippen LogP contribution is 2.48. The van der Waals surface area contributed by atoms with Crippen LogP contribution in [0.5, 0.6) is 0 Å². The molecule has 1 unspecified atom stereocenters. The highest BCUT2D eigenvalue weighted by Gasteiger charge is 2.46. The van der Waals surface area contributed by atoms with Crippen LogP contribution in [0.3, 0.4) is 0 Å². The van der Waals surface area contributed by atoms with E-state index in [1.807, 2.05) is 12.1 Å². The van der Waals surface area contributed by atoms with Gasteiger partial charge in [0.25, 0.3) is 0 Å². The van der Waals surface area contributed by atoms with E-state index in [1.165, 1.54) is 6.07 Å². The third-order valence-electron chi connectivity index (χ3n) is 4.17. The molecule has 3 heteroatoms. The molecule has 0 saturated heterocycles. The van der Waals surface area contributed by atoms with Crippen molar-refractivity contribution in [3.8, 4) is 0 Å². The van der Waals surface area contributed by atoms with E-state index in [2.05, 4.69) is 12.2 Å². The van der Waals surface area contributed by atoms with Crippen molar-refractivity contribution in [2.24, 2.45) is 0 Å². The SMILES string of the molecule is CCCC(NC=O)C1(c2ccccc2F)CCC1. The van der Waals surface area contributed by atoms with Gasteiger partial charge in [0.05, 0.1) is 0 Å². The van der Waals surface area contributed by atoms with E-state index >= 15 is 0 Å². The normalized spacial score (nSPS) is 18.8. The Morgan fingerprint density at radius 1 is 1.44 bits per heavy atom. The third kappa shape index (κ3) is 2.14. The lowest BCUT2D eigenvalue weighted by molar-refractivity contribution is -0.111. The molecular weight excluding hydrogens is 229 g/mol. The Morgan fingerprint density at radius 3 is 2.67 bits per heavy atom. The van der Waals surface area contributed by atoms with E-state index < -0.39 is 0 Å². The highest BCUT2D eigenvalue weighted by molar-refractivity contribution is 5.48. The Bertz CT molecular complexity index is 415. The first kappa shape index (κ1) is 13.1. The molecule has 0 bridgehead atoms. The van der Waals surface area contributed by atoms with Gasteiger partial charge in [0.1, 0.15) is 5.82 Å². The molecular formula is C15H20FNO. The Hall–Kier alpha value is -1.38. The molecule has 1 aromatic rings. The first-order chi connectivity index (χ1) is 8.74. The van der Waals surface area contributed by atoms with E-state index in [-0.39, 0.29) is 17.3 Å². The smallest absolute Gasteiger partial charge is 0.207 e. The molecule has 1 fully saturated rings. The second-order valence-electron chi connectivity index (χ2n) is 5.12. The summed E-state index contributed by atoms with van der Waals surface area (Å²) in [5, 5.41) is 2.90. The Labute approximate surface area is 108 Å². The summed E-state index contributed by atoms with van der Waals surface area (Å²) in [5.41, 5.74) is 0.575. The maximum Gasteiger partial charge on any atom is 0.207 e. The molecule has 0 heterocycles. The van der Waals surface area contributed by atoms with E-state index in [0.717, 1.165) is 44.1 Å². The standard InChI is InChI=1S/C15H20FNO/c1-2-6-14(17-11-18)15(9-5-10-15)12-7-3-4-8-13(12)16/h3-4,7-8,11,14H,2,5-6,9-10H2,1H3,(H,17,18). The number of hydrogen-bond acceptors (Lipinski definition) is 1. The zero-order valence-electron chi connectivity index (χ0n) is 10.8. The van der Waals surface area contributed by atoms with Crippen molar-refractivity contribution in [2.75, 3.05) is 0 Å². The van der Waals surface area contributed by atoms with Crippen molar-refractivity contribution in [3.05, 3.63) is 35.6 Å². The van der Waals surface area contributed by atoms with Gasteiger partial charge >= 0.3 is 0 Å². The molecule has 1 N–H and O–H groups in total. The topological polar surface area (TPSA) is 29.1 Å². The van der Waals surface area contributed by atoms with Crippen LogP contribution in [0.25, 0.3) is 0 Å². The first-order valence-electron chi connectivity index (χ1n) is 6.69. The van der Waals surface area contributed by atoms with Gasteiger partial charge in [0.15, 0.2) is 0 Å². The molecule has 0 aliphatic heterocycles. The summed E-state index contributed by atoms with van der Waals surface area (Å²) < 4.78 is 14.0. The fourth-order valence-electron chi connectivity index (χ4n) is 3.12. The largest absolute Gasteiger partial charge is 0.355 e. The molecule has 98 valence electrons. The van der Waals surface area contributed by atoms with Crippen LogP contribution >= 0.6 is 0 Å². The number of rotatable bonds is 6. The van der Waals surface area contributed by atoms with Crippen LogP contribution in [0.4, 0.5) is 4.39 Å². The highest BCUT2D eigenvalue weighted by atomic mass is 19.1. The lowest BCUT2D eigenvalue weighted by atomic mass is 9.59. The van der Waals surface area contributed by atoms with Crippen molar-refractivity contribution in [1.29, 1.82) is 0 Å². The predicted octanol–water partition coefficient (Wildman–Crippen LogP) is 3.16. The maximum atomic E-state index is 14.0. The van der Waals surface area contributed by atoms with Gasteiger partial charge in [-0.2, -0.15) is 0 Å². The minimum Gasteiger partial charge on any atom is -0.355 e. The second kappa shape index (κ2) is 5.51. The number of nitrogens with one attached hydrogen (secondary N) is 1. The minimum absolute atomic E-state index is 0.0469. The lowest BCUT2D eigenvalue weighted by Crippen LogP contribution is -2.52. The van der Waals surface area contributed by atoms with Gasteiger partial charge in [-0.05, 0) is 30.9 Å². The van der Waals surface area contributed by atoms with E-state index in [4.69, 9.17) is 0 Å². The fourth-order valence-corrected chi connectivity index (χ4v) is 3.12. The molecule has 0 spiro atoms. The van der Waals surface area contributed by atoms with Crippen molar-refractivity contribution in [2.45, 2.75) is 50.5 Å². The zero-order chi connectivity index (χ0) is 13.0. The van der Waals surface area contributed by atoms with Crippen LogP contribution in [0.2, 0.25) is 0 Å². The molecule has 2 rings (SSSR count). The summed E-state index contributed by atoms with van der Waals surface area (Å²) in [6.45, 7) is 2.09. The molecule has 18 heavy (non-hydrogen) atoms. The molecule has 1 atom stereocenters. The summed E-state index contributed by atoms with van der Waals surface area (Å²) in [7, 11) is 0. The molecule has 2 nitrogen and oxygen atoms in total. The summed E-state index contributed by atoms with van der Waals surface area (Å²) in [6, 6.07) is 7.02. The number of hydrogen-bond donors (Lipinski definition) is 1. The number of benzene rings is 1. The van der Waals surface area contributed by atoms with Crippen molar-refractivity contribution in [1.82, 2.24) is 5.32 Å². The number of carbonyl (C=O) groups excluding carboxylic acids is 1. The van der Waals surface area contributed by atoms with Gasteiger partial charge in [-0.15, -0.1) is 0 Å². The van der Waals surface area contributed by atoms with Gasteiger partial charge in [-0.1, -0.05) is 38.0 Å². The van der Waals surface area contributed by atoms with E-state index in [0.29, 0.717) is 0 Å². The minimum atomic E-state index is -0.192. The van der Waals surface area contributed by atoms with Crippen molar-refractivity contribution < 1.29 is 9.18 Å². The second-order valence-corrected chi connectivity index (χ2v) is 5.12. The maximum absolute atomic E-state index is 14.0. The third-order valence-corrected chi connectivity index (χ3v) is 4.17. The average molecular weight is 249 g/mol. The molecule has 1 aliphatic carbocycles. The monoisotopic (exact) mass is 249 g/mol. The Kier molecular flexibility index (Phi) is 4.00. The van der Waals surface area contributed by atoms with Crippen LogP contribution in [-0.4, -0.2) is 12.5 Å². The zero-order valence-corrected chi connectivity index (χ0v) is 10.8. The quantitative estimate of drug-likeness (QED) is 0.771. The molecule has 1 aromatic carbocycles. The van der Waals surface area contributed by atoms with Gasteiger partial charge in [-0.25, -0.2) is 4.39 Å². The molecule has 0 aromatic heterocycles. The molecule has 1 aliphatic rings. The summed E-state index contributed by atoms with van der Waals surface area (Å²) in [5.74, 6) is -0.147. The van der Waals surface area contributed by atoms with Gasteiger partial charge < -0.3 is 5.32 Å². The molecule has 1 saturated carbocycles. The summed E-state index contributed by atoms with van der Waals surface area (Å²) >= 11 is 0. The van der Waals surface area contributed by atoms with Crippen molar-refractivity contribution >= 4 is 6.41 Å². The summed E-state index contributed by atoms with van der Waals surface area (Å²) in [4.78, 5) is 10.8. The van der Waals surface area contributed by atoms with Crippen LogP contribution in [0.15, 0.2) is 24.3 Å². The average Bonchev–Trinajstić information content (AvgIpc) is 2.31. The molecule has 0 radical (unpaired) electrons. The van der Waals surface area contributed by atoms with Crippen molar-refractivity contribution in [3.63, 3.8) is 0 Å². The van der Waals surface area contributed by atoms with Gasteiger partial charge in [-0.3, -0.25) is 4.79 Å². The predicted molar refractivity (Wildman–Crippen MR) is 69.8 cm³/mol. The van der Waals surface area contributed by atoms with Crippen LogP contribution in [-0.2, 0) is 10.2 Å². The summed E-state index contributed by atoms with van der Waals surface area (Å²) in [6.07, 6.45) is 5.66.